The van der Waals surface area contributed by atoms with Crippen LogP contribution in [-0.2, 0) is 5.41 Å². The number of nitro groups is 1. The fourth-order valence-corrected chi connectivity index (χ4v) is 2.39. The van der Waals surface area contributed by atoms with Gasteiger partial charge in [-0.25, -0.2) is 0 Å². The highest BCUT2D eigenvalue weighted by Gasteiger charge is 2.61. The highest BCUT2D eigenvalue weighted by molar-refractivity contribution is 6.30. The van der Waals surface area contributed by atoms with E-state index in [1.54, 1.807) is 0 Å². The van der Waals surface area contributed by atoms with Crippen molar-refractivity contribution in [3.8, 4) is 0 Å². The topological polar surface area (TPSA) is 58.9 Å². The van der Waals surface area contributed by atoms with Crippen LogP contribution < -0.4 is 0 Å². The van der Waals surface area contributed by atoms with Crippen molar-refractivity contribution in [1.29, 1.82) is 0 Å². The Morgan fingerprint density at radius 3 is 2.24 bits per heavy atom. The standard InChI is InChI=1S/C13H10ClF3N2O2/c14-10-5-3-9(4-6-10)12(8-19(20)21,13(15,16)17)11-2-1-7-18-11/h1-7,18H,8H2/t12-/m0/s1. The lowest BCUT2D eigenvalue weighted by atomic mass is 9.76. The van der Waals surface area contributed by atoms with E-state index < -0.39 is 23.1 Å². The number of hydrogen-bond donors (Lipinski definition) is 1. The lowest BCUT2D eigenvalue weighted by molar-refractivity contribution is -0.498. The molecule has 2 rings (SSSR count). The maximum Gasteiger partial charge on any atom is 0.410 e. The third-order valence-electron chi connectivity index (χ3n) is 3.24. The minimum Gasteiger partial charge on any atom is -0.364 e. The Labute approximate surface area is 122 Å². The summed E-state index contributed by atoms with van der Waals surface area (Å²) in [7, 11) is 0. The van der Waals surface area contributed by atoms with E-state index in [4.69, 9.17) is 11.6 Å². The predicted molar refractivity (Wildman–Crippen MR) is 70.9 cm³/mol. The van der Waals surface area contributed by atoms with Crippen LogP contribution in [0.4, 0.5) is 13.2 Å². The van der Waals surface area contributed by atoms with Crippen molar-refractivity contribution in [3.05, 3.63) is 69.0 Å². The SMILES string of the molecule is O=[N+]([O-])C[C@](c1ccc(Cl)cc1)(c1ccc[nH]1)C(F)(F)F. The number of aromatic amines is 1. The van der Waals surface area contributed by atoms with Crippen molar-refractivity contribution >= 4 is 11.6 Å². The van der Waals surface area contributed by atoms with Gasteiger partial charge in [0.1, 0.15) is 0 Å². The smallest absolute Gasteiger partial charge is 0.364 e. The highest BCUT2D eigenvalue weighted by atomic mass is 35.5. The van der Waals surface area contributed by atoms with Gasteiger partial charge in [-0.3, -0.25) is 10.1 Å². The number of alkyl halides is 3. The van der Waals surface area contributed by atoms with Crippen LogP contribution in [-0.4, -0.2) is 22.6 Å². The summed E-state index contributed by atoms with van der Waals surface area (Å²) in [5.41, 5.74) is -3.27. The molecule has 1 heterocycles. The number of aromatic nitrogens is 1. The van der Waals surface area contributed by atoms with Gasteiger partial charge < -0.3 is 4.98 Å². The van der Waals surface area contributed by atoms with Crippen LogP contribution in [0.15, 0.2) is 42.6 Å². The Balaban J connectivity index is 2.72. The number of H-pyrrole nitrogens is 1. The van der Waals surface area contributed by atoms with Crippen LogP contribution in [0, 0.1) is 10.1 Å². The third kappa shape index (κ3) is 2.73. The van der Waals surface area contributed by atoms with E-state index in [0.29, 0.717) is 0 Å². The molecule has 1 atom stereocenters. The van der Waals surface area contributed by atoms with E-state index in [0.717, 1.165) is 12.1 Å². The summed E-state index contributed by atoms with van der Waals surface area (Å²) >= 11 is 5.68. The Hall–Kier alpha value is -2.02. The highest BCUT2D eigenvalue weighted by Crippen LogP contribution is 2.46. The van der Waals surface area contributed by atoms with Gasteiger partial charge in [-0.05, 0) is 29.8 Å². The Kier molecular flexibility index (Phi) is 3.95. The summed E-state index contributed by atoms with van der Waals surface area (Å²) in [6.07, 6.45) is -3.55. The summed E-state index contributed by atoms with van der Waals surface area (Å²) in [6, 6.07) is 7.41. The van der Waals surface area contributed by atoms with Gasteiger partial charge in [-0.2, -0.15) is 13.2 Å². The van der Waals surface area contributed by atoms with Crippen LogP contribution >= 0.6 is 11.6 Å². The Morgan fingerprint density at radius 1 is 1.19 bits per heavy atom. The number of nitrogens with one attached hydrogen (secondary N) is 1. The van der Waals surface area contributed by atoms with Gasteiger partial charge >= 0.3 is 6.18 Å². The average Bonchev–Trinajstić information content (AvgIpc) is 2.89. The lowest BCUT2D eigenvalue weighted by Gasteiger charge is -2.32. The molecule has 0 saturated carbocycles. The molecular formula is C13H10ClF3N2O2. The van der Waals surface area contributed by atoms with Gasteiger partial charge in [0, 0.05) is 21.8 Å². The van der Waals surface area contributed by atoms with Gasteiger partial charge in [-0.15, -0.1) is 0 Å². The van der Waals surface area contributed by atoms with Crippen molar-refractivity contribution in [3.63, 3.8) is 0 Å². The van der Waals surface area contributed by atoms with Gasteiger partial charge in [0.2, 0.25) is 6.54 Å². The monoisotopic (exact) mass is 318 g/mol. The van der Waals surface area contributed by atoms with E-state index in [-0.39, 0.29) is 16.3 Å². The Bertz CT molecular complexity index is 626. The second kappa shape index (κ2) is 5.40. The predicted octanol–water partition coefficient (Wildman–Crippen LogP) is 3.79. The molecule has 112 valence electrons. The number of benzene rings is 1. The van der Waals surface area contributed by atoms with Crippen LogP contribution in [0.2, 0.25) is 5.02 Å². The molecule has 0 unspecified atom stereocenters. The molecule has 0 aliphatic carbocycles. The molecule has 4 nitrogen and oxygen atoms in total. The van der Waals surface area contributed by atoms with E-state index in [1.165, 1.54) is 30.5 Å². The zero-order valence-electron chi connectivity index (χ0n) is 10.5. The second-order valence-electron chi connectivity index (χ2n) is 4.48. The fourth-order valence-electron chi connectivity index (χ4n) is 2.26. The van der Waals surface area contributed by atoms with E-state index in [9.17, 15) is 23.3 Å². The summed E-state index contributed by atoms with van der Waals surface area (Å²) in [5.74, 6) is 0. The third-order valence-corrected chi connectivity index (χ3v) is 3.50. The maximum absolute atomic E-state index is 13.7. The van der Waals surface area contributed by atoms with Gasteiger partial charge in [0.15, 0.2) is 5.41 Å². The lowest BCUT2D eigenvalue weighted by Crippen LogP contribution is -2.49. The van der Waals surface area contributed by atoms with Crippen LogP contribution in [0.3, 0.4) is 0 Å². The van der Waals surface area contributed by atoms with Crippen molar-refractivity contribution in [2.24, 2.45) is 0 Å². The van der Waals surface area contributed by atoms with Crippen molar-refractivity contribution in [1.82, 2.24) is 4.98 Å². The van der Waals surface area contributed by atoms with Crippen molar-refractivity contribution in [2.45, 2.75) is 11.6 Å². The number of halogens is 4. The van der Waals surface area contributed by atoms with E-state index >= 15 is 0 Å². The molecule has 0 spiro atoms. The summed E-state index contributed by atoms with van der Waals surface area (Å²) in [4.78, 5) is 12.3. The molecule has 0 radical (unpaired) electrons. The average molecular weight is 319 g/mol. The zero-order valence-corrected chi connectivity index (χ0v) is 11.3. The van der Waals surface area contributed by atoms with Crippen LogP contribution in [0.25, 0.3) is 0 Å². The molecule has 0 amide bonds. The molecule has 1 aromatic carbocycles. The number of nitrogens with zero attached hydrogens (tertiary/aromatic N) is 1. The first-order valence-corrected chi connectivity index (χ1v) is 6.23. The molecular weight excluding hydrogens is 309 g/mol. The van der Waals surface area contributed by atoms with Crippen LogP contribution in [0.5, 0.6) is 0 Å². The molecule has 1 aromatic heterocycles. The largest absolute Gasteiger partial charge is 0.410 e. The van der Waals surface area contributed by atoms with Crippen LogP contribution in [0.1, 0.15) is 11.3 Å². The summed E-state index contributed by atoms with van der Waals surface area (Å²) < 4.78 is 41.2. The quantitative estimate of drug-likeness (QED) is 0.688. The normalized spacial score (nSPS) is 14.7. The molecule has 0 bridgehead atoms. The van der Waals surface area contributed by atoms with Gasteiger partial charge in [0.05, 0.1) is 0 Å². The first kappa shape index (κ1) is 15.4. The number of hydrogen-bond acceptors (Lipinski definition) is 2. The fraction of sp³-hybridized carbons (Fsp3) is 0.231. The number of rotatable bonds is 4. The van der Waals surface area contributed by atoms with Crippen molar-refractivity contribution < 1.29 is 18.1 Å². The molecule has 0 fully saturated rings. The molecule has 2 aromatic rings. The first-order valence-electron chi connectivity index (χ1n) is 5.86. The Morgan fingerprint density at radius 2 is 1.81 bits per heavy atom. The summed E-state index contributed by atoms with van der Waals surface area (Å²) in [5, 5.41) is 11.1. The minimum absolute atomic E-state index is 0.237. The minimum atomic E-state index is -4.85. The summed E-state index contributed by atoms with van der Waals surface area (Å²) in [6.45, 7) is -1.31. The zero-order chi connectivity index (χ0) is 15.7. The van der Waals surface area contributed by atoms with Crippen molar-refractivity contribution in [2.75, 3.05) is 6.54 Å². The first-order chi connectivity index (χ1) is 9.77. The molecule has 0 saturated heterocycles. The second-order valence-corrected chi connectivity index (χ2v) is 4.92. The van der Waals surface area contributed by atoms with Gasteiger partial charge in [0.25, 0.3) is 0 Å². The van der Waals surface area contributed by atoms with E-state index in [1.807, 2.05) is 0 Å². The molecule has 0 aliphatic heterocycles. The van der Waals surface area contributed by atoms with Gasteiger partial charge in [-0.1, -0.05) is 23.7 Å². The molecule has 1 N–H and O–H groups in total. The molecule has 21 heavy (non-hydrogen) atoms. The maximum atomic E-state index is 13.7. The molecule has 8 heteroatoms. The van der Waals surface area contributed by atoms with E-state index in [2.05, 4.69) is 4.98 Å². The molecule has 0 aliphatic rings.